The Kier molecular flexibility index (Phi) is 8.59. The minimum atomic E-state index is -1.42. The summed E-state index contributed by atoms with van der Waals surface area (Å²) in [5, 5.41) is 3.51. The number of anilines is 1. The molecule has 33 heavy (non-hydrogen) atoms. The zero-order valence-electron chi connectivity index (χ0n) is 19.2. The summed E-state index contributed by atoms with van der Waals surface area (Å²) >= 11 is -0.0185. The van der Waals surface area contributed by atoms with Crippen molar-refractivity contribution in [2.24, 2.45) is 5.92 Å². The van der Waals surface area contributed by atoms with Gasteiger partial charge in [0.2, 0.25) is 10.8 Å². The summed E-state index contributed by atoms with van der Waals surface area (Å²) in [5.74, 6) is 0.695. The molecule has 0 aromatic carbocycles. The van der Waals surface area contributed by atoms with Crippen LogP contribution in [-0.2, 0) is 20.9 Å². The van der Waals surface area contributed by atoms with E-state index in [2.05, 4.69) is 20.0 Å². The number of carbonyl (C=O) groups is 1. The third kappa shape index (κ3) is 6.45. The fourth-order valence-corrected chi connectivity index (χ4v) is 6.54. The van der Waals surface area contributed by atoms with E-state index in [1.54, 1.807) is 6.20 Å². The Hall–Kier alpha value is -1.72. The molecule has 1 amide bonds. The maximum Gasteiger partial charge on any atom is 0.272 e. The van der Waals surface area contributed by atoms with E-state index in [9.17, 15) is 9.35 Å². The Morgan fingerprint density at radius 2 is 2.03 bits per heavy atom. The van der Waals surface area contributed by atoms with Crippen LogP contribution in [0, 0.1) is 12.8 Å². The fourth-order valence-electron chi connectivity index (χ4n) is 4.38. The molecule has 2 N–H and O–H groups in total. The van der Waals surface area contributed by atoms with Gasteiger partial charge >= 0.3 is 0 Å². The molecule has 2 aromatic heterocycles. The molecule has 2 aromatic rings. The molecule has 4 rings (SSSR count). The molecule has 2 fully saturated rings. The molecule has 0 spiro atoms. The first kappa shape index (κ1) is 24.4. The number of hydrogen-bond acceptors (Lipinski definition) is 8. The van der Waals surface area contributed by atoms with Gasteiger partial charge in [-0.15, -0.1) is 4.72 Å². The predicted molar refractivity (Wildman–Crippen MR) is 130 cm³/mol. The molecule has 1 atom stereocenters. The summed E-state index contributed by atoms with van der Waals surface area (Å²) in [6.45, 7) is 3.35. The van der Waals surface area contributed by atoms with Crippen LogP contribution in [0.5, 0.6) is 5.88 Å². The zero-order chi connectivity index (χ0) is 23.2. The van der Waals surface area contributed by atoms with Crippen molar-refractivity contribution in [2.75, 3.05) is 25.6 Å². The molecule has 0 radical (unpaired) electrons. The maximum absolute atomic E-state index is 13.1. The topological polar surface area (TPSA) is 108 Å². The third-order valence-corrected chi connectivity index (χ3v) is 8.57. The van der Waals surface area contributed by atoms with Gasteiger partial charge in [0.25, 0.3) is 5.88 Å². The number of thiazole rings is 1. The molecule has 0 bridgehead atoms. The summed E-state index contributed by atoms with van der Waals surface area (Å²) in [6.07, 6.45) is 9.65. The molecule has 1 saturated carbocycles. The van der Waals surface area contributed by atoms with Gasteiger partial charge in [0, 0.05) is 37.5 Å². The lowest BCUT2D eigenvalue weighted by Gasteiger charge is -2.23. The van der Waals surface area contributed by atoms with Crippen LogP contribution < -0.4 is 14.8 Å². The Bertz CT molecular complexity index is 943. The highest BCUT2D eigenvalue weighted by Gasteiger charge is 2.26. The monoisotopic (exact) mass is 492 g/mol. The first-order valence-electron chi connectivity index (χ1n) is 11.6. The molecule has 1 aliphatic carbocycles. The molecule has 180 valence electrons. The lowest BCUT2D eigenvalue weighted by Crippen LogP contribution is -2.36. The zero-order valence-corrected chi connectivity index (χ0v) is 20.9. The van der Waals surface area contributed by atoms with E-state index in [-0.39, 0.29) is 11.9 Å². The highest BCUT2D eigenvalue weighted by atomic mass is 32.2. The number of rotatable bonds is 8. The molecule has 8 nitrogen and oxygen atoms in total. The van der Waals surface area contributed by atoms with Crippen molar-refractivity contribution in [1.29, 1.82) is 0 Å². The average molecular weight is 493 g/mol. The first-order chi connectivity index (χ1) is 16.0. The summed E-state index contributed by atoms with van der Waals surface area (Å²) in [6, 6.07) is 2.10. The van der Waals surface area contributed by atoms with E-state index < -0.39 is 11.4 Å². The van der Waals surface area contributed by atoms with Crippen molar-refractivity contribution in [3.8, 4) is 16.3 Å². The van der Waals surface area contributed by atoms with Crippen molar-refractivity contribution in [3.63, 3.8) is 0 Å². The van der Waals surface area contributed by atoms with Crippen LogP contribution in [-0.4, -0.2) is 46.8 Å². The van der Waals surface area contributed by atoms with Crippen LogP contribution in [0.3, 0.4) is 0 Å². The van der Waals surface area contributed by atoms with Gasteiger partial charge in [-0.1, -0.05) is 30.6 Å². The van der Waals surface area contributed by atoms with Crippen LogP contribution in [0.25, 0.3) is 10.4 Å². The van der Waals surface area contributed by atoms with Gasteiger partial charge in [0.05, 0.1) is 35.1 Å². The molecule has 1 aliphatic heterocycles. The Morgan fingerprint density at radius 3 is 2.76 bits per heavy atom. The number of nitrogens with zero attached hydrogens (tertiary/aromatic N) is 2. The number of methoxy groups -OCH3 is 1. The van der Waals surface area contributed by atoms with Gasteiger partial charge < -0.3 is 19.3 Å². The van der Waals surface area contributed by atoms with Gasteiger partial charge in [-0.2, -0.15) is 0 Å². The number of amides is 1. The van der Waals surface area contributed by atoms with E-state index in [1.807, 2.05) is 13.0 Å². The molecule has 1 saturated heterocycles. The van der Waals surface area contributed by atoms with Crippen molar-refractivity contribution in [2.45, 2.75) is 69.2 Å². The number of carbonyl (C=O) groups excluding carboxylic acids is 1. The molecule has 3 heterocycles. The second-order valence-corrected chi connectivity index (χ2v) is 10.9. The molecular formula is C23H32N4O4S2. The maximum atomic E-state index is 13.1. The van der Waals surface area contributed by atoms with Crippen molar-refractivity contribution < 1.29 is 18.8 Å². The molecule has 10 heteroatoms. The number of aromatic nitrogens is 2. The summed E-state index contributed by atoms with van der Waals surface area (Å²) < 4.78 is 27.1. The number of hydrogen-bond donors (Lipinski definition) is 2. The van der Waals surface area contributed by atoms with Gasteiger partial charge in [0.15, 0.2) is 5.13 Å². The van der Waals surface area contributed by atoms with Crippen LogP contribution in [0.1, 0.15) is 57.1 Å². The third-order valence-electron chi connectivity index (χ3n) is 6.21. The largest absolute Gasteiger partial charge is 0.593 e. The molecule has 2 aliphatic rings. The summed E-state index contributed by atoms with van der Waals surface area (Å²) in [5.41, 5.74) is 1.61. The number of ether oxygens (including phenoxy) is 2. The average Bonchev–Trinajstić information content (AvgIpc) is 3.19. The van der Waals surface area contributed by atoms with E-state index in [4.69, 9.17) is 9.47 Å². The Morgan fingerprint density at radius 1 is 1.27 bits per heavy atom. The van der Waals surface area contributed by atoms with Crippen LogP contribution in [0.4, 0.5) is 5.13 Å². The van der Waals surface area contributed by atoms with Crippen molar-refractivity contribution in [3.05, 3.63) is 18.0 Å². The van der Waals surface area contributed by atoms with Crippen LogP contribution in [0.2, 0.25) is 0 Å². The number of nitrogens with one attached hydrogen (secondary N) is 2. The first-order valence-corrected chi connectivity index (χ1v) is 13.6. The minimum absolute atomic E-state index is 0.0199. The highest BCUT2D eigenvalue weighted by molar-refractivity contribution is 7.89. The normalized spacial score (nSPS) is 18.8. The molecular weight excluding hydrogens is 460 g/mol. The van der Waals surface area contributed by atoms with Crippen LogP contribution >= 0.6 is 11.3 Å². The van der Waals surface area contributed by atoms with Gasteiger partial charge in [-0.05, 0) is 38.5 Å². The predicted octanol–water partition coefficient (Wildman–Crippen LogP) is 4.22. The van der Waals surface area contributed by atoms with E-state index in [1.165, 1.54) is 24.9 Å². The summed E-state index contributed by atoms with van der Waals surface area (Å²) in [7, 11) is 1.54. The van der Waals surface area contributed by atoms with Crippen molar-refractivity contribution >= 4 is 33.7 Å². The molecule has 1 unspecified atom stereocenters. The van der Waals surface area contributed by atoms with Gasteiger partial charge in [-0.25, -0.2) is 9.97 Å². The summed E-state index contributed by atoms with van der Waals surface area (Å²) in [4.78, 5) is 22.9. The highest BCUT2D eigenvalue weighted by Crippen LogP contribution is 2.36. The minimum Gasteiger partial charge on any atom is -0.593 e. The number of aryl methyl sites for hydroxylation is 1. The standard InChI is InChI=1S/C23H32N4O4S2/c1-15-21(32-23(25-15)26-20(28)12-16-8-10-31-11-9-16)17-13-19(22(30-2)24-14-17)33(29)27-18-6-4-3-5-7-18/h13-14,16,18,27H,3-12H2,1-2H3,(H,25,26,28). The Labute approximate surface area is 202 Å². The van der Waals surface area contributed by atoms with E-state index in [0.717, 1.165) is 67.9 Å². The number of pyridine rings is 1. The quantitative estimate of drug-likeness (QED) is 0.531. The lowest BCUT2D eigenvalue weighted by atomic mass is 9.96. The van der Waals surface area contributed by atoms with Crippen LogP contribution in [0.15, 0.2) is 17.2 Å². The second kappa shape index (κ2) is 11.6. The fraction of sp³-hybridized carbons (Fsp3) is 0.609. The van der Waals surface area contributed by atoms with Gasteiger partial charge in [-0.3, -0.25) is 4.79 Å². The SMILES string of the molecule is COc1ncc(-c2sc(NC(=O)CC3CCOCC3)nc2C)cc1[S+]([O-])NC1CCCCC1. The van der Waals surface area contributed by atoms with E-state index in [0.29, 0.717) is 28.2 Å². The second-order valence-electron chi connectivity index (χ2n) is 8.69. The van der Waals surface area contributed by atoms with Crippen molar-refractivity contribution in [1.82, 2.24) is 14.7 Å². The van der Waals surface area contributed by atoms with E-state index >= 15 is 0 Å². The lowest BCUT2D eigenvalue weighted by molar-refractivity contribution is -0.117. The smallest absolute Gasteiger partial charge is 0.272 e. The van der Waals surface area contributed by atoms with Gasteiger partial charge in [0.1, 0.15) is 0 Å². The Balaban J connectivity index is 1.47.